The predicted octanol–water partition coefficient (Wildman–Crippen LogP) is 2.09. The minimum Gasteiger partial charge on any atom is -0.465 e. The van der Waals surface area contributed by atoms with E-state index in [1.165, 1.54) is 7.11 Å². The van der Waals surface area contributed by atoms with Crippen molar-refractivity contribution in [1.29, 1.82) is 0 Å². The average molecular weight is 342 g/mol. The monoisotopic (exact) mass is 342 g/mol. The SMILES string of the molecule is COC(=O)c1ccccc1NC(=O)c1ccnc(NCCN(C)C)c1. The highest BCUT2D eigenvalue weighted by atomic mass is 16.5. The van der Waals surface area contributed by atoms with Crippen LogP contribution in [0.25, 0.3) is 0 Å². The summed E-state index contributed by atoms with van der Waals surface area (Å²) < 4.78 is 4.73. The second-order valence-electron chi connectivity index (χ2n) is 5.65. The van der Waals surface area contributed by atoms with Crippen molar-refractivity contribution in [2.24, 2.45) is 0 Å². The number of carbonyl (C=O) groups is 2. The lowest BCUT2D eigenvalue weighted by molar-refractivity contribution is 0.0602. The fourth-order valence-corrected chi connectivity index (χ4v) is 2.15. The fourth-order valence-electron chi connectivity index (χ4n) is 2.15. The van der Waals surface area contributed by atoms with Crippen molar-refractivity contribution < 1.29 is 14.3 Å². The van der Waals surface area contributed by atoms with Crippen LogP contribution in [0.15, 0.2) is 42.6 Å². The molecule has 1 amide bonds. The zero-order valence-corrected chi connectivity index (χ0v) is 14.6. The van der Waals surface area contributed by atoms with E-state index in [-0.39, 0.29) is 5.91 Å². The Morgan fingerprint density at radius 2 is 1.96 bits per heavy atom. The number of rotatable bonds is 7. The third-order valence-electron chi connectivity index (χ3n) is 3.47. The van der Waals surface area contributed by atoms with Gasteiger partial charge in [0.05, 0.1) is 18.4 Å². The molecule has 0 radical (unpaired) electrons. The van der Waals surface area contributed by atoms with Crippen molar-refractivity contribution in [3.63, 3.8) is 0 Å². The lowest BCUT2D eigenvalue weighted by Crippen LogP contribution is -2.21. The van der Waals surface area contributed by atoms with Gasteiger partial charge in [0.25, 0.3) is 5.91 Å². The molecule has 0 saturated carbocycles. The van der Waals surface area contributed by atoms with Crippen LogP contribution in [-0.2, 0) is 4.74 Å². The minimum atomic E-state index is -0.503. The summed E-state index contributed by atoms with van der Waals surface area (Å²) in [7, 11) is 5.27. The summed E-state index contributed by atoms with van der Waals surface area (Å²) in [6.45, 7) is 1.57. The van der Waals surface area contributed by atoms with Crippen LogP contribution in [0, 0.1) is 0 Å². The predicted molar refractivity (Wildman–Crippen MR) is 97.0 cm³/mol. The summed E-state index contributed by atoms with van der Waals surface area (Å²) in [6, 6.07) is 9.99. The fraction of sp³-hybridized carbons (Fsp3) is 0.278. The molecule has 1 aromatic heterocycles. The third-order valence-corrected chi connectivity index (χ3v) is 3.47. The molecule has 0 bridgehead atoms. The number of aromatic nitrogens is 1. The molecule has 0 aliphatic carbocycles. The first-order valence-corrected chi connectivity index (χ1v) is 7.84. The molecule has 7 heteroatoms. The Morgan fingerprint density at radius 3 is 2.68 bits per heavy atom. The highest BCUT2D eigenvalue weighted by Crippen LogP contribution is 2.17. The molecule has 0 unspecified atom stereocenters. The van der Waals surface area contributed by atoms with Crippen molar-refractivity contribution in [2.45, 2.75) is 0 Å². The number of esters is 1. The van der Waals surface area contributed by atoms with E-state index in [4.69, 9.17) is 4.74 Å². The number of pyridine rings is 1. The molecule has 2 N–H and O–H groups in total. The van der Waals surface area contributed by atoms with E-state index >= 15 is 0 Å². The first-order valence-electron chi connectivity index (χ1n) is 7.84. The maximum atomic E-state index is 12.5. The normalized spacial score (nSPS) is 10.4. The average Bonchev–Trinajstić information content (AvgIpc) is 2.61. The maximum absolute atomic E-state index is 12.5. The lowest BCUT2D eigenvalue weighted by Gasteiger charge is -2.12. The Bertz CT molecular complexity index is 747. The Balaban J connectivity index is 2.10. The van der Waals surface area contributed by atoms with Gasteiger partial charge in [-0.2, -0.15) is 0 Å². The summed E-state index contributed by atoms with van der Waals surface area (Å²) in [5, 5.41) is 5.91. The van der Waals surface area contributed by atoms with Gasteiger partial charge in [-0.25, -0.2) is 9.78 Å². The summed E-state index contributed by atoms with van der Waals surface area (Å²) in [5.41, 5.74) is 1.15. The van der Waals surface area contributed by atoms with Crippen LogP contribution in [0.5, 0.6) is 0 Å². The third kappa shape index (κ3) is 5.29. The molecular weight excluding hydrogens is 320 g/mol. The molecule has 1 aromatic carbocycles. The van der Waals surface area contributed by atoms with Crippen molar-refractivity contribution in [3.8, 4) is 0 Å². The number of hydrogen-bond acceptors (Lipinski definition) is 6. The van der Waals surface area contributed by atoms with Crippen LogP contribution >= 0.6 is 0 Å². The molecular formula is C18H22N4O3. The maximum Gasteiger partial charge on any atom is 0.339 e. The Labute approximate surface area is 147 Å². The quantitative estimate of drug-likeness (QED) is 0.750. The van der Waals surface area contributed by atoms with E-state index in [2.05, 4.69) is 15.6 Å². The summed E-state index contributed by atoms with van der Waals surface area (Å²) in [6.07, 6.45) is 1.57. The van der Waals surface area contributed by atoms with Crippen LogP contribution in [0.4, 0.5) is 11.5 Å². The van der Waals surface area contributed by atoms with Crippen LogP contribution in [0.2, 0.25) is 0 Å². The highest BCUT2D eigenvalue weighted by molar-refractivity contribution is 6.08. The molecule has 2 rings (SSSR count). The first-order chi connectivity index (χ1) is 12.0. The number of anilines is 2. The molecule has 0 aliphatic rings. The second kappa shape index (κ2) is 8.79. The number of methoxy groups -OCH3 is 1. The highest BCUT2D eigenvalue weighted by Gasteiger charge is 2.14. The van der Waals surface area contributed by atoms with Crippen LogP contribution < -0.4 is 10.6 Å². The van der Waals surface area contributed by atoms with Crippen molar-refractivity contribution in [3.05, 3.63) is 53.7 Å². The van der Waals surface area contributed by atoms with Gasteiger partial charge in [0.15, 0.2) is 0 Å². The number of amides is 1. The van der Waals surface area contributed by atoms with E-state index in [0.29, 0.717) is 22.6 Å². The molecule has 132 valence electrons. The van der Waals surface area contributed by atoms with Gasteiger partial charge < -0.3 is 20.3 Å². The van der Waals surface area contributed by atoms with Gasteiger partial charge in [-0.3, -0.25) is 4.79 Å². The van der Waals surface area contributed by atoms with E-state index in [9.17, 15) is 9.59 Å². The summed E-state index contributed by atoms with van der Waals surface area (Å²) in [4.78, 5) is 30.5. The number of nitrogens with zero attached hydrogens (tertiary/aromatic N) is 2. The molecule has 0 fully saturated rings. The van der Waals surface area contributed by atoms with Crippen LogP contribution in [0.3, 0.4) is 0 Å². The Morgan fingerprint density at radius 1 is 1.20 bits per heavy atom. The first kappa shape index (κ1) is 18.4. The van der Waals surface area contributed by atoms with Gasteiger partial charge in [0.1, 0.15) is 5.82 Å². The van der Waals surface area contributed by atoms with Gasteiger partial charge in [-0.05, 0) is 38.4 Å². The van der Waals surface area contributed by atoms with Crippen molar-refractivity contribution >= 4 is 23.4 Å². The lowest BCUT2D eigenvalue weighted by atomic mass is 10.1. The van der Waals surface area contributed by atoms with Crippen molar-refractivity contribution in [2.75, 3.05) is 44.9 Å². The van der Waals surface area contributed by atoms with Gasteiger partial charge in [-0.15, -0.1) is 0 Å². The molecule has 0 aliphatic heterocycles. The molecule has 0 atom stereocenters. The number of benzene rings is 1. The van der Waals surface area contributed by atoms with Gasteiger partial charge >= 0.3 is 5.97 Å². The van der Waals surface area contributed by atoms with Crippen molar-refractivity contribution in [1.82, 2.24) is 9.88 Å². The van der Waals surface area contributed by atoms with E-state index < -0.39 is 5.97 Å². The molecule has 2 aromatic rings. The van der Waals surface area contributed by atoms with Crippen LogP contribution in [-0.4, -0.2) is 56.1 Å². The molecule has 25 heavy (non-hydrogen) atoms. The standard InChI is InChI=1S/C18H22N4O3/c1-22(2)11-10-20-16-12-13(8-9-19-16)17(23)21-15-7-5-4-6-14(15)18(24)25-3/h4-9,12H,10-11H2,1-3H3,(H,19,20)(H,21,23). The number of hydrogen-bond donors (Lipinski definition) is 2. The number of para-hydroxylation sites is 1. The molecule has 7 nitrogen and oxygen atoms in total. The topological polar surface area (TPSA) is 83.6 Å². The van der Waals surface area contributed by atoms with Gasteiger partial charge in [0.2, 0.25) is 0 Å². The second-order valence-corrected chi connectivity index (χ2v) is 5.65. The number of likely N-dealkylation sites (N-methyl/N-ethyl adjacent to an activating group) is 1. The number of nitrogens with one attached hydrogen (secondary N) is 2. The van der Waals surface area contributed by atoms with Crippen LogP contribution in [0.1, 0.15) is 20.7 Å². The van der Waals surface area contributed by atoms with E-state index in [0.717, 1.165) is 13.1 Å². The molecule has 0 spiro atoms. The molecule has 1 heterocycles. The number of carbonyl (C=O) groups excluding carboxylic acids is 2. The smallest absolute Gasteiger partial charge is 0.339 e. The molecule has 0 saturated heterocycles. The zero-order chi connectivity index (χ0) is 18.2. The van der Waals surface area contributed by atoms with Gasteiger partial charge in [-0.1, -0.05) is 12.1 Å². The largest absolute Gasteiger partial charge is 0.465 e. The number of ether oxygens (including phenoxy) is 1. The van der Waals surface area contributed by atoms with E-state index in [1.54, 1.807) is 42.6 Å². The van der Waals surface area contributed by atoms with E-state index in [1.807, 2.05) is 19.0 Å². The Kier molecular flexibility index (Phi) is 6.47. The zero-order valence-electron chi connectivity index (χ0n) is 14.6. The minimum absolute atomic E-state index is 0.303. The van der Waals surface area contributed by atoms with Gasteiger partial charge in [0, 0.05) is 24.8 Å². The summed E-state index contributed by atoms with van der Waals surface area (Å²) in [5.74, 6) is -0.207. The Hall–Kier alpha value is -2.93. The summed E-state index contributed by atoms with van der Waals surface area (Å²) >= 11 is 0.